The number of H-pyrrole nitrogens is 1. The van der Waals surface area contributed by atoms with Gasteiger partial charge in [-0.1, -0.05) is 25.5 Å². The average Bonchev–Trinajstić information content (AvgIpc) is 2.65. The fourth-order valence-corrected chi connectivity index (χ4v) is 2.91. The van der Waals surface area contributed by atoms with Crippen molar-refractivity contribution < 1.29 is 9.13 Å². The maximum atomic E-state index is 14.0. The zero-order chi connectivity index (χ0) is 20.7. The van der Waals surface area contributed by atoms with Crippen molar-refractivity contribution in [2.45, 2.75) is 26.3 Å². The van der Waals surface area contributed by atoms with Crippen molar-refractivity contribution >= 4 is 34.5 Å². The Kier molecular flexibility index (Phi) is 7.70. The molecule has 152 valence electrons. The van der Waals surface area contributed by atoms with E-state index in [1.807, 2.05) is 6.92 Å². The van der Waals surface area contributed by atoms with Crippen LogP contribution in [0.3, 0.4) is 0 Å². The van der Waals surface area contributed by atoms with Gasteiger partial charge in [0.1, 0.15) is 11.6 Å². The van der Waals surface area contributed by atoms with Crippen LogP contribution in [0.15, 0.2) is 33.9 Å². The molecule has 0 aliphatic heterocycles. The second kappa shape index (κ2) is 10.00. The van der Waals surface area contributed by atoms with Gasteiger partial charge in [-0.15, -0.1) is 0 Å². The highest BCUT2D eigenvalue weighted by molar-refractivity contribution is 7.80. The molecule has 0 atom stereocenters. The van der Waals surface area contributed by atoms with Crippen molar-refractivity contribution in [3.05, 3.63) is 50.9 Å². The monoisotopic (exact) mass is 409 g/mol. The van der Waals surface area contributed by atoms with E-state index in [4.69, 9.17) is 22.7 Å². The second-order valence-electron chi connectivity index (χ2n) is 6.05. The van der Waals surface area contributed by atoms with Gasteiger partial charge in [-0.2, -0.15) is 0 Å². The summed E-state index contributed by atoms with van der Waals surface area (Å²) < 4.78 is 20.4. The maximum Gasteiger partial charge on any atom is 0.330 e. The summed E-state index contributed by atoms with van der Waals surface area (Å²) in [5.74, 6) is -0.498. The van der Waals surface area contributed by atoms with E-state index in [2.05, 4.69) is 10.3 Å². The van der Waals surface area contributed by atoms with Crippen molar-refractivity contribution in [2.75, 3.05) is 36.2 Å². The molecule has 0 saturated heterocycles. The normalized spacial score (nSPS) is 10.7. The van der Waals surface area contributed by atoms with Gasteiger partial charge in [0.15, 0.2) is 10.8 Å². The number of nitrogen functional groups attached to an aromatic ring is 1. The molecular formula is C18H24FN5O3S. The van der Waals surface area contributed by atoms with Gasteiger partial charge in [0.05, 0.1) is 12.3 Å². The molecular weight excluding hydrogens is 385 g/mol. The molecule has 2 rings (SSSR count). The molecule has 0 spiro atoms. The maximum absolute atomic E-state index is 14.0. The summed E-state index contributed by atoms with van der Waals surface area (Å²) in [4.78, 5) is 28.3. The minimum Gasteiger partial charge on any atom is -0.383 e. The van der Waals surface area contributed by atoms with Crippen LogP contribution in [0.25, 0.3) is 0 Å². The summed E-state index contributed by atoms with van der Waals surface area (Å²) in [6.07, 6.45) is 1.56. The van der Waals surface area contributed by atoms with Crippen LogP contribution in [0.1, 0.15) is 19.8 Å². The summed E-state index contributed by atoms with van der Waals surface area (Å²) >= 11 is 5.39. The molecule has 0 aliphatic carbocycles. The first-order chi connectivity index (χ1) is 13.4. The minimum atomic E-state index is -0.677. The zero-order valence-electron chi connectivity index (χ0n) is 15.8. The van der Waals surface area contributed by atoms with E-state index in [0.29, 0.717) is 13.0 Å². The van der Waals surface area contributed by atoms with Gasteiger partial charge in [-0.3, -0.25) is 14.3 Å². The predicted molar refractivity (Wildman–Crippen MR) is 112 cm³/mol. The topological polar surface area (TPSA) is 105 Å². The van der Waals surface area contributed by atoms with E-state index in [1.165, 1.54) is 28.7 Å². The lowest BCUT2D eigenvalue weighted by Gasteiger charge is -2.27. The molecule has 1 aromatic carbocycles. The number of hydrogen-bond donors (Lipinski definition) is 3. The van der Waals surface area contributed by atoms with Gasteiger partial charge in [0.2, 0.25) is 0 Å². The Morgan fingerprint density at radius 2 is 2.11 bits per heavy atom. The number of aromatic nitrogens is 2. The van der Waals surface area contributed by atoms with E-state index in [1.54, 1.807) is 12.1 Å². The number of unbranched alkanes of at least 4 members (excludes halogenated alkanes) is 1. The second-order valence-corrected chi connectivity index (χ2v) is 6.44. The van der Waals surface area contributed by atoms with Crippen LogP contribution in [0.4, 0.5) is 21.6 Å². The van der Waals surface area contributed by atoms with Gasteiger partial charge in [0, 0.05) is 20.2 Å². The largest absolute Gasteiger partial charge is 0.383 e. The number of anilines is 3. The first kappa shape index (κ1) is 21.6. The number of aromatic amines is 1. The molecule has 1 aromatic heterocycles. The summed E-state index contributed by atoms with van der Waals surface area (Å²) in [6.45, 7) is 2.74. The number of nitrogens with zero attached hydrogens (tertiary/aromatic N) is 2. The number of ether oxygens (including phenoxy) is 1. The Balaban J connectivity index is 2.47. The number of methoxy groups -OCH3 is 1. The summed E-state index contributed by atoms with van der Waals surface area (Å²) in [5, 5.41) is 2.84. The number of nitrogens with one attached hydrogen (secondary N) is 2. The Morgan fingerprint density at radius 1 is 1.39 bits per heavy atom. The van der Waals surface area contributed by atoms with Crippen LogP contribution < -0.4 is 27.2 Å². The molecule has 0 bridgehead atoms. The first-order valence-electron chi connectivity index (χ1n) is 8.85. The van der Waals surface area contributed by atoms with Crippen LogP contribution in [0.5, 0.6) is 0 Å². The average molecular weight is 409 g/mol. The quantitative estimate of drug-likeness (QED) is 0.572. The van der Waals surface area contributed by atoms with E-state index >= 15 is 0 Å². The lowest BCUT2D eigenvalue weighted by atomic mass is 10.3. The van der Waals surface area contributed by atoms with Gasteiger partial charge >= 0.3 is 5.69 Å². The molecule has 0 amide bonds. The number of para-hydroxylation sites is 1. The van der Waals surface area contributed by atoms with Crippen molar-refractivity contribution in [2.24, 2.45) is 0 Å². The fraction of sp³-hybridized carbons (Fsp3) is 0.389. The predicted octanol–water partition coefficient (Wildman–Crippen LogP) is 1.91. The minimum absolute atomic E-state index is 0.00372. The van der Waals surface area contributed by atoms with Crippen molar-refractivity contribution in [3.63, 3.8) is 0 Å². The number of halogens is 1. The lowest BCUT2D eigenvalue weighted by molar-refractivity contribution is 0.208. The van der Waals surface area contributed by atoms with Crippen LogP contribution in [-0.2, 0) is 11.3 Å². The summed E-state index contributed by atoms with van der Waals surface area (Å²) in [5.41, 5.74) is 5.07. The van der Waals surface area contributed by atoms with E-state index in [0.717, 1.165) is 6.42 Å². The smallest absolute Gasteiger partial charge is 0.330 e. The Morgan fingerprint density at radius 3 is 2.75 bits per heavy atom. The number of hydrogen-bond acceptors (Lipinski definition) is 5. The molecule has 8 nitrogen and oxygen atoms in total. The standard InChI is InChI=1S/C18H24FN5O3S/c1-3-4-9-24-15(20)14(16(25)22-17(24)26)23(10-11-27-2)18(28)21-13-8-6-5-7-12(13)19/h5-8H,3-4,9-11,20H2,1-2H3,(H,21,28)(H,22,25,26). The van der Waals surface area contributed by atoms with Crippen LogP contribution >= 0.6 is 12.2 Å². The highest BCUT2D eigenvalue weighted by Crippen LogP contribution is 2.20. The van der Waals surface area contributed by atoms with Gasteiger partial charge in [-0.25, -0.2) is 9.18 Å². The molecule has 0 aliphatic rings. The molecule has 10 heteroatoms. The molecule has 0 unspecified atom stereocenters. The number of thiocarbonyl (C=S) groups is 1. The molecule has 0 fully saturated rings. The Bertz CT molecular complexity index is 944. The summed E-state index contributed by atoms with van der Waals surface area (Å²) in [6, 6.07) is 6.01. The van der Waals surface area contributed by atoms with Crippen LogP contribution in [0.2, 0.25) is 0 Å². The van der Waals surface area contributed by atoms with E-state index in [9.17, 15) is 14.0 Å². The molecule has 28 heavy (non-hydrogen) atoms. The lowest BCUT2D eigenvalue weighted by Crippen LogP contribution is -2.44. The van der Waals surface area contributed by atoms with Gasteiger partial charge in [0.25, 0.3) is 5.56 Å². The highest BCUT2D eigenvalue weighted by atomic mass is 32.1. The zero-order valence-corrected chi connectivity index (χ0v) is 16.6. The van der Waals surface area contributed by atoms with Crippen molar-refractivity contribution in [1.29, 1.82) is 0 Å². The Labute approximate surface area is 167 Å². The molecule has 4 N–H and O–H groups in total. The van der Waals surface area contributed by atoms with Gasteiger partial charge in [-0.05, 0) is 30.8 Å². The van der Waals surface area contributed by atoms with Crippen LogP contribution in [0, 0.1) is 5.82 Å². The number of rotatable bonds is 8. The highest BCUT2D eigenvalue weighted by Gasteiger charge is 2.22. The van der Waals surface area contributed by atoms with Crippen molar-refractivity contribution in [1.82, 2.24) is 9.55 Å². The third-order valence-electron chi connectivity index (χ3n) is 4.10. The Hall–Kier alpha value is -2.72. The third-order valence-corrected chi connectivity index (χ3v) is 4.42. The van der Waals surface area contributed by atoms with Crippen molar-refractivity contribution in [3.8, 4) is 0 Å². The molecule has 0 saturated carbocycles. The van der Waals surface area contributed by atoms with E-state index < -0.39 is 17.1 Å². The summed E-state index contributed by atoms with van der Waals surface area (Å²) in [7, 11) is 1.50. The SMILES string of the molecule is CCCCn1c(N)c(N(CCOC)C(=S)Nc2ccccc2F)c(=O)[nH]c1=O. The molecule has 1 heterocycles. The number of benzene rings is 1. The molecule has 0 radical (unpaired) electrons. The fourth-order valence-electron chi connectivity index (χ4n) is 2.62. The molecule has 2 aromatic rings. The first-order valence-corrected chi connectivity index (χ1v) is 9.26. The van der Waals surface area contributed by atoms with E-state index in [-0.39, 0.29) is 35.5 Å². The number of nitrogens with two attached hydrogens (primary N) is 1. The third kappa shape index (κ3) is 4.96. The van der Waals surface area contributed by atoms with Gasteiger partial charge < -0.3 is 20.7 Å². The van der Waals surface area contributed by atoms with Crippen LogP contribution in [-0.4, -0.2) is 34.9 Å².